The molecule has 0 saturated heterocycles. The summed E-state index contributed by atoms with van der Waals surface area (Å²) in [5.74, 6) is 0.134. The molecule has 1 saturated carbocycles. The standard InChI is InChI=1S/C15H21NOS/c1-2-16(12-8-4-3-5-9-12)15(17)13-10-6-7-11-14(13)18/h6-7,10-12,18H,2-5,8-9H2,1H3. The van der Waals surface area contributed by atoms with Crippen molar-refractivity contribution in [1.29, 1.82) is 0 Å². The molecule has 3 heteroatoms. The van der Waals surface area contributed by atoms with Crippen LogP contribution in [0, 0.1) is 0 Å². The molecule has 98 valence electrons. The van der Waals surface area contributed by atoms with Gasteiger partial charge < -0.3 is 4.90 Å². The van der Waals surface area contributed by atoms with Gasteiger partial charge in [0.05, 0.1) is 5.56 Å². The maximum Gasteiger partial charge on any atom is 0.255 e. The summed E-state index contributed by atoms with van der Waals surface area (Å²) in [5.41, 5.74) is 0.730. The fourth-order valence-corrected chi connectivity index (χ4v) is 3.03. The van der Waals surface area contributed by atoms with Gasteiger partial charge in [0.1, 0.15) is 0 Å². The minimum Gasteiger partial charge on any atom is -0.336 e. The number of hydrogen-bond acceptors (Lipinski definition) is 2. The van der Waals surface area contributed by atoms with Crippen LogP contribution in [-0.2, 0) is 0 Å². The molecular formula is C15H21NOS. The lowest BCUT2D eigenvalue weighted by Gasteiger charge is -2.33. The summed E-state index contributed by atoms with van der Waals surface area (Å²) in [6, 6.07) is 7.99. The molecule has 1 aliphatic rings. The fourth-order valence-electron chi connectivity index (χ4n) is 2.77. The van der Waals surface area contributed by atoms with Gasteiger partial charge in [0, 0.05) is 17.5 Å². The molecule has 2 nitrogen and oxygen atoms in total. The molecule has 0 bridgehead atoms. The highest BCUT2D eigenvalue weighted by Gasteiger charge is 2.25. The smallest absolute Gasteiger partial charge is 0.255 e. The Morgan fingerprint density at radius 2 is 1.94 bits per heavy atom. The van der Waals surface area contributed by atoms with Gasteiger partial charge in [-0.25, -0.2) is 0 Å². The highest BCUT2D eigenvalue weighted by molar-refractivity contribution is 7.80. The SMILES string of the molecule is CCN(C(=O)c1ccccc1S)C1CCCCC1. The van der Waals surface area contributed by atoms with Crippen LogP contribution >= 0.6 is 12.6 Å². The van der Waals surface area contributed by atoms with Gasteiger partial charge in [-0.2, -0.15) is 0 Å². The second kappa shape index (κ2) is 6.28. The third-order valence-corrected chi connectivity index (χ3v) is 4.14. The lowest BCUT2D eigenvalue weighted by molar-refractivity contribution is 0.0644. The Hall–Kier alpha value is -0.960. The fraction of sp³-hybridized carbons (Fsp3) is 0.533. The van der Waals surface area contributed by atoms with Crippen molar-refractivity contribution in [3.05, 3.63) is 29.8 Å². The Labute approximate surface area is 115 Å². The monoisotopic (exact) mass is 263 g/mol. The van der Waals surface area contributed by atoms with E-state index < -0.39 is 0 Å². The number of nitrogens with zero attached hydrogens (tertiary/aromatic N) is 1. The van der Waals surface area contributed by atoms with Crippen molar-refractivity contribution in [3.8, 4) is 0 Å². The highest BCUT2D eigenvalue weighted by atomic mass is 32.1. The Bertz CT molecular complexity index is 413. The van der Waals surface area contributed by atoms with Gasteiger partial charge >= 0.3 is 0 Å². The van der Waals surface area contributed by atoms with E-state index in [2.05, 4.69) is 19.6 Å². The van der Waals surface area contributed by atoms with Crippen LogP contribution in [0.3, 0.4) is 0 Å². The average Bonchev–Trinajstić information content (AvgIpc) is 2.41. The predicted molar refractivity (Wildman–Crippen MR) is 77.3 cm³/mol. The molecule has 0 aliphatic heterocycles. The predicted octanol–water partition coefficient (Wildman–Crippen LogP) is 3.77. The molecule has 0 radical (unpaired) electrons. The van der Waals surface area contributed by atoms with E-state index in [4.69, 9.17) is 0 Å². The van der Waals surface area contributed by atoms with Crippen molar-refractivity contribution in [2.75, 3.05) is 6.54 Å². The van der Waals surface area contributed by atoms with Crippen molar-refractivity contribution >= 4 is 18.5 Å². The Morgan fingerprint density at radius 3 is 2.56 bits per heavy atom. The van der Waals surface area contributed by atoms with E-state index in [0.29, 0.717) is 6.04 Å². The molecule has 1 amide bonds. The topological polar surface area (TPSA) is 20.3 Å². The van der Waals surface area contributed by atoms with E-state index in [-0.39, 0.29) is 5.91 Å². The van der Waals surface area contributed by atoms with Gasteiger partial charge in [0.2, 0.25) is 0 Å². The van der Waals surface area contributed by atoms with Gasteiger partial charge in [-0.05, 0) is 31.9 Å². The van der Waals surface area contributed by atoms with Crippen molar-refractivity contribution in [1.82, 2.24) is 4.90 Å². The molecular weight excluding hydrogens is 242 g/mol. The quantitative estimate of drug-likeness (QED) is 0.823. The first-order valence-electron chi connectivity index (χ1n) is 6.83. The van der Waals surface area contributed by atoms with Crippen molar-refractivity contribution in [2.24, 2.45) is 0 Å². The molecule has 1 aromatic carbocycles. The first-order valence-corrected chi connectivity index (χ1v) is 7.27. The zero-order valence-corrected chi connectivity index (χ0v) is 11.8. The number of carbonyl (C=O) groups is 1. The summed E-state index contributed by atoms with van der Waals surface area (Å²) >= 11 is 4.39. The van der Waals surface area contributed by atoms with E-state index >= 15 is 0 Å². The number of amides is 1. The van der Waals surface area contributed by atoms with Crippen LogP contribution < -0.4 is 0 Å². The van der Waals surface area contributed by atoms with E-state index in [9.17, 15) is 4.79 Å². The van der Waals surface area contributed by atoms with Gasteiger partial charge in [0.25, 0.3) is 5.91 Å². The molecule has 1 aromatic rings. The van der Waals surface area contributed by atoms with Crippen LogP contribution in [0.2, 0.25) is 0 Å². The summed E-state index contributed by atoms with van der Waals surface area (Å²) in [4.78, 5) is 15.4. The van der Waals surface area contributed by atoms with Crippen LogP contribution in [0.15, 0.2) is 29.2 Å². The summed E-state index contributed by atoms with van der Waals surface area (Å²) in [6.45, 7) is 2.85. The van der Waals surface area contributed by atoms with E-state index in [0.717, 1.165) is 29.8 Å². The lowest BCUT2D eigenvalue weighted by Crippen LogP contribution is -2.41. The summed E-state index contributed by atoms with van der Waals surface area (Å²) in [7, 11) is 0. The molecule has 0 N–H and O–H groups in total. The number of thiol groups is 1. The molecule has 0 unspecified atom stereocenters. The maximum absolute atomic E-state index is 12.6. The molecule has 1 fully saturated rings. The van der Waals surface area contributed by atoms with Gasteiger partial charge in [-0.3, -0.25) is 4.79 Å². The maximum atomic E-state index is 12.6. The van der Waals surface area contributed by atoms with Crippen LogP contribution in [0.25, 0.3) is 0 Å². The highest BCUT2D eigenvalue weighted by Crippen LogP contribution is 2.25. The van der Waals surface area contributed by atoms with E-state index in [1.54, 1.807) is 0 Å². The van der Waals surface area contributed by atoms with Crippen molar-refractivity contribution < 1.29 is 4.79 Å². The molecule has 0 aromatic heterocycles. The van der Waals surface area contributed by atoms with Gasteiger partial charge in [-0.15, -0.1) is 12.6 Å². The molecule has 18 heavy (non-hydrogen) atoms. The normalized spacial score (nSPS) is 16.6. The van der Waals surface area contributed by atoms with Crippen molar-refractivity contribution in [3.63, 3.8) is 0 Å². The van der Waals surface area contributed by atoms with E-state index in [1.165, 1.54) is 19.3 Å². The largest absolute Gasteiger partial charge is 0.336 e. The van der Waals surface area contributed by atoms with Crippen LogP contribution in [0.5, 0.6) is 0 Å². The van der Waals surface area contributed by atoms with Crippen LogP contribution in [0.4, 0.5) is 0 Å². The number of carbonyl (C=O) groups excluding carboxylic acids is 1. The lowest BCUT2D eigenvalue weighted by atomic mass is 9.93. The molecule has 1 aliphatic carbocycles. The van der Waals surface area contributed by atoms with E-state index in [1.807, 2.05) is 29.2 Å². The van der Waals surface area contributed by atoms with Crippen LogP contribution in [-0.4, -0.2) is 23.4 Å². The third-order valence-electron chi connectivity index (χ3n) is 3.75. The average molecular weight is 263 g/mol. The summed E-state index contributed by atoms with van der Waals surface area (Å²) in [6.07, 6.45) is 6.10. The minimum atomic E-state index is 0.134. The zero-order valence-electron chi connectivity index (χ0n) is 10.9. The Balaban J connectivity index is 2.17. The second-order valence-electron chi connectivity index (χ2n) is 4.90. The first kappa shape index (κ1) is 13.5. The summed E-state index contributed by atoms with van der Waals surface area (Å²) in [5, 5.41) is 0. The molecule has 0 spiro atoms. The summed E-state index contributed by atoms with van der Waals surface area (Å²) < 4.78 is 0. The molecule has 2 rings (SSSR count). The van der Waals surface area contributed by atoms with Gasteiger partial charge in [-0.1, -0.05) is 31.4 Å². The molecule has 0 heterocycles. The Morgan fingerprint density at radius 1 is 1.28 bits per heavy atom. The Kier molecular flexibility index (Phi) is 4.70. The number of hydrogen-bond donors (Lipinski definition) is 1. The zero-order chi connectivity index (χ0) is 13.0. The third kappa shape index (κ3) is 2.89. The number of benzene rings is 1. The second-order valence-corrected chi connectivity index (χ2v) is 5.38. The van der Waals surface area contributed by atoms with Gasteiger partial charge in [0.15, 0.2) is 0 Å². The van der Waals surface area contributed by atoms with Crippen molar-refractivity contribution in [2.45, 2.75) is 50.0 Å². The first-order chi connectivity index (χ1) is 8.74. The van der Waals surface area contributed by atoms with Crippen LogP contribution in [0.1, 0.15) is 49.4 Å². The minimum absolute atomic E-state index is 0.134. The number of rotatable bonds is 3. The molecule has 0 atom stereocenters.